The highest BCUT2D eigenvalue weighted by Gasteiger charge is 2.46. The number of amides is 3. The van der Waals surface area contributed by atoms with E-state index in [0.29, 0.717) is 30.9 Å². The molecule has 4 rings (SSSR count). The predicted molar refractivity (Wildman–Crippen MR) is 104 cm³/mol. The van der Waals surface area contributed by atoms with Crippen LogP contribution in [0.5, 0.6) is 5.75 Å². The summed E-state index contributed by atoms with van der Waals surface area (Å²) in [5, 5.41) is 2.85. The molecule has 2 fully saturated rings. The molecular formula is C21H27N3O4. The summed E-state index contributed by atoms with van der Waals surface area (Å²) in [4.78, 5) is 41.4. The van der Waals surface area contributed by atoms with Gasteiger partial charge >= 0.3 is 0 Å². The van der Waals surface area contributed by atoms with Crippen molar-refractivity contribution in [1.29, 1.82) is 0 Å². The van der Waals surface area contributed by atoms with Crippen molar-refractivity contribution < 1.29 is 19.1 Å². The van der Waals surface area contributed by atoms with Crippen LogP contribution in [0, 0.1) is 5.41 Å². The first-order chi connectivity index (χ1) is 13.4. The third-order valence-corrected chi connectivity index (χ3v) is 6.52. The first kappa shape index (κ1) is 18.8. The smallest absolute Gasteiger partial charge is 0.230 e. The number of fused-ring (bicyclic) bond motifs is 1. The Hall–Kier alpha value is -2.57. The van der Waals surface area contributed by atoms with E-state index in [-0.39, 0.29) is 29.6 Å². The number of carbonyl (C=O) groups excluding carboxylic acids is 3. The zero-order chi connectivity index (χ0) is 19.9. The van der Waals surface area contributed by atoms with Gasteiger partial charge in [-0.05, 0) is 43.5 Å². The maximum atomic E-state index is 13.3. The summed E-state index contributed by atoms with van der Waals surface area (Å²) >= 11 is 0. The monoisotopic (exact) mass is 385 g/mol. The molecule has 1 atom stereocenters. The molecule has 0 radical (unpaired) electrons. The van der Waals surface area contributed by atoms with Gasteiger partial charge in [0.05, 0.1) is 13.0 Å². The van der Waals surface area contributed by atoms with Crippen LogP contribution < -0.4 is 10.1 Å². The first-order valence-electron chi connectivity index (χ1n) is 9.99. The van der Waals surface area contributed by atoms with E-state index in [2.05, 4.69) is 5.32 Å². The Balaban J connectivity index is 1.49. The second-order valence-corrected chi connectivity index (χ2v) is 8.17. The third kappa shape index (κ3) is 3.23. The Labute approximate surface area is 165 Å². The topological polar surface area (TPSA) is 79.0 Å². The number of likely N-dealkylation sites (tertiary alicyclic amines) is 2. The largest absolute Gasteiger partial charge is 0.497 e. The molecule has 1 aromatic rings. The molecule has 3 amide bonds. The normalized spacial score (nSPS) is 23.6. The van der Waals surface area contributed by atoms with Gasteiger partial charge in [0.2, 0.25) is 17.7 Å². The molecule has 7 nitrogen and oxygen atoms in total. The second-order valence-electron chi connectivity index (χ2n) is 8.17. The zero-order valence-corrected chi connectivity index (χ0v) is 16.5. The molecule has 0 bridgehead atoms. The number of methoxy groups -OCH3 is 1. The van der Waals surface area contributed by atoms with Crippen LogP contribution in [0.25, 0.3) is 0 Å². The van der Waals surface area contributed by atoms with Crippen molar-refractivity contribution in [3.63, 3.8) is 0 Å². The van der Waals surface area contributed by atoms with Gasteiger partial charge in [-0.2, -0.15) is 0 Å². The van der Waals surface area contributed by atoms with Crippen LogP contribution in [0.1, 0.15) is 44.1 Å². The number of nitrogens with one attached hydrogen (secondary N) is 1. The molecular weight excluding hydrogens is 358 g/mol. The number of anilines is 1. The van der Waals surface area contributed by atoms with Crippen molar-refractivity contribution in [1.82, 2.24) is 9.80 Å². The first-order valence-corrected chi connectivity index (χ1v) is 9.99. The number of rotatable bonds is 3. The molecule has 0 aliphatic carbocycles. The maximum absolute atomic E-state index is 13.3. The Morgan fingerprint density at radius 1 is 1.29 bits per heavy atom. The number of carbonyl (C=O) groups is 3. The van der Waals surface area contributed by atoms with Crippen LogP contribution in [0.4, 0.5) is 5.69 Å². The summed E-state index contributed by atoms with van der Waals surface area (Å²) in [6.07, 6.45) is 2.42. The number of nitrogens with zero attached hydrogens (tertiary/aromatic N) is 2. The average Bonchev–Trinajstić information content (AvgIpc) is 3.02. The van der Waals surface area contributed by atoms with Gasteiger partial charge in [-0.15, -0.1) is 0 Å². The Kier molecular flexibility index (Phi) is 4.77. The molecule has 1 N–H and O–H groups in total. The summed E-state index contributed by atoms with van der Waals surface area (Å²) in [5.74, 6) is 0.285. The standard InChI is InChI=1S/C21H27N3O4/c1-3-23-13-21(12-19(23)26)6-8-24(9-7-21)20(27)16-11-18(25)22-17-5-4-14(28-2)10-15(16)17/h4-5,10,16H,3,6-9,11-13H2,1-2H3,(H,22,25). The summed E-state index contributed by atoms with van der Waals surface area (Å²) in [7, 11) is 1.59. The number of piperidine rings is 1. The van der Waals surface area contributed by atoms with Crippen LogP contribution >= 0.6 is 0 Å². The molecule has 3 aliphatic heterocycles. The highest BCUT2D eigenvalue weighted by Crippen LogP contribution is 2.42. The lowest BCUT2D eigenvalue weighted by Crippen LogP contribution is -2.46. The van der Waals surface area contributed by atoms with Crippen molar-refractivity contribution in [3.05, 3.63) is 23.8 Å². The number of hydrogen-bond donors (Lipinski definition) is 1. The molecule has 2 saturated heterocycles. The van der Waals surface area contributed by atoms with Crippen molar-refractivity contribution in [2.75, 3.05) is 38.6 Å². The van der Waals surface area contributed by atoms with E-state index in [1.165, 1.54) is 0 Å². The van der Waals surface area contributed by atoms with Gasteiger partial charge in [-0.25, -0.2) is 0 Å². The van der Waals surface area contributed by atoms with Gasteiger partial charge in [0, 0.05) is 50.1 Å². The van der Waals surface area contributed by atoms with Crippen molar-refractivity contribution >= 4 is 23.4 Å². The fourth-order valence-electron chi connectivity index (χ4n) is 4.81. The second kappa shape index (κ2) is 7.11. The van der Waals surface area contributed by atoms with Crippen molar-refractivity contribution in [3.8, 4) is 5.75 Å². The van der Waals surface area contributed by atoms with E-state index in [1.54, 1.807) is 19.2 Å². The van der Waals surface area contributed by atoms with Crippen molar-refractivity contribution in [2.45, 2.75) is 38.5 Å². The summed E-state index contributed by atoms with van der Waals surface area (Å²) in [6, 6.07) is 5.42. The molecule has 150 valence electrons. The molecule has 1 unspecified atom stereocenters. The Morgan fingerprint density at radius 2 is 2.04 bits per heavy atom. The molecule has 3 aliphatic rings. The molecule has 1 aromatic carbocycles. The minimum Gasteiger partial charge on any atom is -0.497 e. The van der Waals surface area contributed by atoms with E-state index in [4.69, 9.17) is 4.74 Å². The lowest BCUT2D eigenvalue weighted by molar-refractivity contribution is -0.137. The third-order valence-electron chi connectivity index (χ3n) is 6.52. The van der Waals surface area contributed by atoms with Crippen LogP contribution in [0.2, 0.25) is 0 Å². The molecule has 28 heavy (non-hydrogen) atoms. The molecule has 0 aromatic heterocycles. The number of hydrogen-bond acceptors (Lipinski definition) is 4. The van der Waals surface area contributed by atoms with E-state index >= 15 is 0 Å². The molecule has 3 heterocycles. The summed E-state index contributed by atoms with van der Waals surface area (Å²) in [5.41, 5.74) is 1.51. The van der Waals surface area contributed by atoms with Gasteiger partial charge in [0.25, 0.3) is 0 Å². The SMILES string of the molecule is CCN1CC2(CCN(C(=O)C3CC(=O)Nc4ccc(OC)cc43)CC2)CC1=O. The number of benzene rings is 1. The molecule has 1 spiro atoms. The van der Waals surface area contributed by atoms with Crippen molar-refractivity contribution in [2.24, 2.45) is 5.41 Å². The minimum atomic E-state index is -0.481. The number of ether oxygens (including phenoxy) is 1. The van der Waals surface area contributed by atoms with Gasteiger partial charge < -0.3 is 19.9 Å². The van der Waals surface area contributed by atoms with Gasteiger partial charge in [0.15, 0.2) is 0 Å². The lowest BCUT2D eigenvalue weighted by atomic mass is 9.77. The Bertz CT molecular complexity index is 814. The fourth-order valence-corrected chi connectivity index (χ4v) is 4.81. The van der Waals surface area contributed by atoms with Crippen LogP contribution in [0.3, 0.4) is 0 Å². The summed E-state index contributed by atoms with van der Waals surface area (Å²) in [6.45, 7) is 4.84. The lowest BCUT2D eigenvalue weighted by Gasteiger charge is -2.40. The van der Waals surface area contributed by atoms with Gasteiger partial charge in [-0.1, -0.05) is 0 Å². The highest BCUT2D eigenvalue weighted by atomic mass is 16.5. The highest BCUT2D eigenvalue weighted by molar-refractivity contribution is 6.01. The zero-order valence-electron chi connectivity index (χ0n) is 16.5. The van der Waals surface area contributed by atoms with Gasteiger partial charge in [-0.3, -0.25) is 14.4 Å². The Morgan fingerprint density at radius 3 is 2.68 bits per heavy atom. The summed E-state index contributed by atoms with van der Waals surface area (Å²) < 4.78 is 5.30. The average molecular weight is 385 g/mol. The van der Waals surface area contributed by atoms with Crippen LogP contribution in [-0.2, 0) is 14.4 Å². The van der Waals surface area contributed by atoms with E-state index < -0.39 is 5.92 Å². The van der Waals surface area contributed by atoms with Crippen LogP contribution in [-0.4, -0.2) is 60.8 Å². The maximum Gasteiger partial charge on any atom is 0.230 e. The molecule has 7 heteroatoms. The fraction of sp³-hybridized carbons (Fsp3) is 0.571. The van der Waals surface area contributed by atoms with E-state index in [9.17, 15) is 14.4 Å². The molecule has 0 saturated carbocycles. The van der Waals surface area contributed by atoms with Crippen LogP contribution in [0.15, 0.2) is 18.2 Å². The van der Waals surface area contributed by atoms with E-state index in [0.717, 1.165) is 31.5 Å². The van der Waals surface area contributed by atoms with Gasteiger partial charge in [0.1, 0.15) is 5.75 Å². The van der Waals surface area contributed by atoms with E-state index in [1.807, 2.05) is 22.8 Å². The predicted octanol–water partition coefficient (Wildman–Crippen LogP) is 1.98. The minimum absolute atomic E-state index is 0.00382. The quantitative estimate of drug-likeness (QED) is 0.863.